The van der Waals surface area contributed by atoms with Crippen LogP contribution in [0, 0.1) is 0 Å². The summed E-state index contributed by atoms with van der Waals surface area (Å²) in [6, 6.07) is 7.75. The molecule has 1 aromatic carbocycles. The van der Waals surface area contributed by atoms with E-state index in [-0.39, 0.29) is 0 Å². The molecule has 1 aliphatic carbocycles. The molecule has 0 amide bonds. The smallest absolute Gasteiger partial charge is 0.134 e. The van der Waals surface area contributed by atoms with Gasteiger partial charge in [0.1, 0.15) is 5.78 Å². The molecule has 0 saturated heterocycles. The van der Waals surface area contributed by atoms with Gasteiger partial charge >= 0.3 is 0 Å². The Balaban J connectivity index is 2.23. The van der Waals surface area contributed by atoms with Crippen molar-refractivity contribution >= 4 is 17.4 Å². The van der Waals surface area contributed by atoms with Gasteiger partial charge < -0.3 is 0 Å². The molecule has 1 saturated carbocycles. The van der Waals surface area contributed by atoms with Gasteiger partial charge in [-0.2, -0.15) is 0 Å². The molecule has 1 aliphatic rings. The molecule has 2 heteroatoms. The minimum Gasteiger partial charge on any atom is -0.300 e. The van der Waals surface area contributed by atoms with E-state index in [2.05, 4.69) is 0 Å². The SMILES string of the molecule is O=C1CC(c2ccccc2Cl)C1. The van der Waals surface area contributed by atoms with Crippen molar-refractivity contribution in [3.63, 3.8) is 0 Å². The van der Waals surface area contributed by atoms with Crippen LogP contribution >= 0.6 is 11.6 Å². The zero-order valence-corrected chi connectivity index (χ0v) is 7.34. The minimum atomic E-state index is 0.347. The zero-order chi connectivity index (χ0) is 8.55. The fraction of sp³-hybridized carbons (Fsp3) is 0.300. The van der Waals surface area contributed by atoms with Gasteiger partial charge in [-0.1, -0.05) is 29.8 Å². The second kappa shape index (κ2) is 2.91. The molecule has 0 heterocycles. The van der Waals surface area contributed by atoms with E-state index in [1.54, 1.807) is 0 Å². The van der Waals surface area contributed by atoms with Gasteiger partial charge in [-0.3, -0.25) is 4.79 Å². The van der Waals surface area contributed by atoms with Crippen LogP contribution in [0.5, 0.6) is 0 Å². The number of rotatable bonds is 1. The largest absolute Gasteiger partial charge is 0.300 e. The van der Waals surface area contributed by atoms with Crippen molar-refractivity contribution in [1.82, 2.24) is 0 Å². The first-order valence-electron chi connectivity index (χ1n) is 4.03. The van der Waals surface area contributed by atoms with Crippen LogP contribution in [0.15, 0.2) is 24.3 Å². The number of halogens is 1. The van der Waals surface area contributed by atoms with E-state index in [1.807, 2.05) is 24.3 Å². The minimum absolute atomic E-state index is 0.347. The van der Waals surface area contributed by atoms with Crippen molar-refractivity contribution in [2.75, 3.05) is 0 Å². The summed E-state index contributed by atoms with van der Waals surface area (Å²) in [4.78, 5) is 10.8. The Labute approximate surface area is 76.4 Å². The third-order valence-electron chi connectivity index (χ3n) is 2.29. The number of carbonyl (C=O) groups excluding carboxylic acids is 1. The van der Waals surface area contributed by atoms with Crippen molar-refractivity contribution in [2.45, 2.75) is 18.8 Å². The molecule has 12 heavy (non-hydrogen) atoms. The first kappa shape index (κ1) is 7.81. The lowest BCUT2D eigenvalue weighted by atomic mass is 9.79. The second-order valence-corrected chi connectivity index (χ2v) is 3.57. The van der Waals surface area contributed by atoms with Crippen LogP contribution in [0.3, 0.4) is 0 Å². The Hall–Kier alpha value is -0.820. The number of Topliss-reactive ketones (excluding diaryl/α,β-unsaturated/α-hetero) is 1. The highest BCUT2D eigenvalue weighted by Gasteiger charge is 2.28. The van der Waals surface area contributed by atoms with Crippen LogP contribution in [-0.4, -0.2) is 5.78 Å². The van der Waals surface area contributed by atoms with E-state index >= 15 is 0 Å². The average Bonchev–Trinajstić information content (AvgIpc) is 2.01. The Morgan fingerprint density at radius 2 is 1.92 bits per heavy atom. The molecule has 0 bridgehead atoms. The maximum atomic E-state index is 10.8. The van der Waals surface area contributed by atoms with Crippen molar-refractivity contribution < 1.29 is 4.79 Å². The lowest BCUT2D eigenvalue weighted by Crippen LogP contribution is -2.21. The molecule has 0 radical (unpaired) electrons. The van der Waals surface area contributed by atoms with Crippen molar-refractivity contribution in [2.24, 2.45) is 0 Å². The Kier molecular flexibility index (Phi) is 1.89. The number of carbonyl (C=O) groups is 1. The molecular weight excluding hydrogens is 172 g/mol. The lowest BCUT2D eigenvalue weighted by molar-refractivity contribution is -0.124. The third kappa shape index (κ3) is 1.25. The van der Waals surface area contributed by atoms with Crippen LogP contribution in [0.2, 0.25) is 5.02 Å². The molecule has 0 atom stereocenters. The van der Waals surface area contributed by atoms with Gasteiger partial charge in [0, 0.05) is 17.9 Å². The molecule has 62 valence electrons. The highest BCUT2D eigenvalue weighted by Crippen LogP contribution is 2.36. The first-order valence-corrected chi connectivity index (χ1v) is 4.41. The summed E-state index contributed by atoms with van der Waals surface area (Å²) in [5, 5.41) is 0.787. The summed E-state index contributed by atoms with van der Waals surface area (Å²) in [7, 11) is 0. The van der Waals surface area contributed by atoms with Crippen molar-refractivity contribution in [1.29, 1.82) is 0 Å². The lowest BCUT2D eigenvalue weighted by Gasteiger charge is -2.25. The molecule has 1 aromatic rings. The van der Waals surface area contributed by atoms with E-state index in [0.717, 1.165) is 10.6 Å². The van der Waals surface area contributed by atoms with Crippen LogP contribution < -0.4 is 0 Å². The maximum absolute atomic E-state index is 10.8. The van der Waals surface area contributed by atoms with E-state index in [4.69, 9.17) is 11.6 Å². The quantitative estimate of drug-likeness (QED) is 0.650. The van der Waals surface area contributed by atoms with Gasteiger partial charge in [0.05, 0.1) is 0 Å². The molecule has 2 rings (SSSR count). The van der Waals surface area contributed by atoms with Gasteiger partial charge in [0.2, 0.25) is 0 Å². The van der Waals surface area contributed by atoms with Gasteiger partial charge in [-0.25, -0.2) is 0 Å². The molecule has 0 spiro atoms. The molecule has 0 aliphatic heterocycles. The van der Waals surface area contributed by atoms with Crippen molar-refractivity contribution in [3.05, 3.63) is 34.9 Å². The Bertz CT molecular complexity index is 311. The fourth-order valence-electron chi connectivity index (χ4n) is 1.52. The van der Waals surface area contributed by atoms with E-state index in [0.29, 0.717) is 24.5 Å². The topological polar surface area (TPSA) is 17.1 Å². The summed E-state index contributed by atoms with van der Waals surface area (Å²) in [6.45, 7) is 0. The molecular formula is C10H9ClO. The second-order valence-electron chi connectivity index (χ2n) is 3.17. The number of hydrogen-bond acceptors (Lipinski definition) is 1. The third-order valence-corrected chi connectivity index (χ3v) is 2.64. The molecule has 0 aromatic heterocycles. The summed E-state index contributed by atoms with van der Waals surface area (Å²) >= 11 is 5.97. The van der Waals surface area contributed by atoms with Crippen LogP contribution in [0.25, 0.3) is 0 Å². The van der Waals surface area contributed by atoms with Crippen LogP contribution in [0.4, 0.5) is 0 Å². The Morgan fingerprint density at radius 3 is 2.50 bits per heavy atom. The van der Waals surface area contributed by atoms with Gasteiger partial charge in [-0.05, 0) is 17.5 Å². The summed E-state index contributed by atoms with van der Waals surface area (Å²) in [5.74, 6) is 0.728. The Morgan fingerprint density at radius 1 is 1.25 bits per heavy atom. The van der Waals surface area contributed by atoms with Gasteiger partial charge in [0.15, 0.2) is 0 Å². The predicted molar refractivity (Wildman–Crippen MR) is 48.4 cm³/mol. The monoisotopic (exact) mass is 180 g/mol. The summed E-state index contributed by atoms with van der Waals surface area (Å²) < 4.78 is 0. The molecule has 0 unspecified atom stereocenters. The normalized spacial score (nSPS) is 17.6. The van der Waals surface area contributed by atoms with Gasteiger partial charge in [0.25, 0.3) is 0 Å². The van der Waals surface area contributed by atoms with E-state index in [9.17, 15) is 4.79 Å². The predicted octanol–water partition coefficient (Wildman–Crippen LogP) is 2.79. The summed E-state index contributed by atoms with van der Waals surface area (Å²) in [5.41, 5.74) is 1.12. The first-order chi connectivity index (χ1) is 5.77. The van der Waals surface area contributed by atoms with Gasteiger partial charge in [-0.15, -0.1) is 0 Å². The van der Waals surface area contributed by atoms with Crippen LogP contribution in [0.1, 0.15) is 24.3 Å². The number of benzene rings is 1. The van der Waals surface area contributed by atoms with E-state index in [1.165, 1.54) is 0 Å². The van der Waals surface area contributed by atoms with Crippen LogP contribution in [-0.2, 0) is 4.79 Å². The zero-order valence-electron chi connectivity index (χ0n) is 6.59. The average molecular weight is 181 g/mol. The number of ketones is 1. The van der Waals surface area contributed by atoms with E-state index < -0.39 is 0 Å². The highest BCUT2D eigenvalue weighted by atomic mass is 35.5. The fourth-order valence-corrected chi connectivity index (χ4v) is 1.81. The summed E-state index contributed by atoms with van der Waals surface area (Å²) in [6.07, 6.45) is 1.34. The molecule has 1 fully saturated rings. The highest BCUT2D eigenvalue weighted by molar-refractivity contribution is 6.31. The number of hydrogen-bond donors (Lipinski definition) is 0. The molecule has 1 nitrogen and oxygen atoms in total. The maximum Gasteiger partial charge on any atom is 0.134 e. The van der Waals surface area contributed by atoms with Crippen molar-refractivity contribution in [3.8, 4) is 0 Å². The molecule has 0 N–H and O–H groups in total. The standard InChI is InChI=1S/C10H9ClO/c11-10-4-2-1-3-9(10)7-5-8(12)6-7/h1-4,7H,5-6H2.